The second kappa shape index (κ2) is 9.58. The van der Waals surface area contributed by atoms with Gasteiger partial charge in [0, 0.05) is 0 Å². The van der Waals surface area contributed by atoms with Gasteiger partial charge in [-0.15, -0.1) is 13.3 Å². The number of hydrogen-bond acceptors (Lipinski definition) is 0. The van der Waals surface area contributed by atoms with E-state index in [-0.39, 0.29) is 16.5 Å². The zero-order valence-electron chi connectivity index (χ0n) is 7.04. The minimum atomic E-state index is 0. The molecule has 0 atom stereocenters. The average Bonchev–Trinajstić information content (AvgIpc) is 2.43. The molecule has 0 heterocycles. The second-order valence-electron chi connectivity index (χ2n) is 2.14. The normalized spacial score (nSPS) is 11.1. The third-order valence-electron chi connectivity index (χ3n) is 1.08. The van der Waals surface area contributed by atoms with Gasteiger partial charge in [0.1, 0.15) is 0 Å². The summed E-state index contributed by atoms with van der Waals surface area (Å²) >= 11 is 0. The zero-order valence-corrected chi connectivity index (χ0v) is 8.03. The van der Waals surface area contributed by atoms with Crippen LogP contribution in [0.5, 0.6) is 0 Å². The fraction of sp³-hybridized carbons (Fsp3) is 0.300. The molecule has 1 heteroatoms. The Morgan fingerprint density at radius 3 is 2.27 bits per heavy atom. The molecule has 0 aromatic rings. The molecule has 0 saturated carbocycles. The summed E-state index contributed by atoms with van der Waals surface area (Å²) in [5, 5.41) is 0. The van der Waals surface area contributed by atoms with Crippen molar-refractivity contribution in [1.29, 1.82) is 0 Å². The van der Waals surface area contributed by atoms with Crippen molar-refractivity contribution < 1.29 is 16.5 Å². The van der Waals surface area contributed by atoms with Crippen LogP contribution in [0.3, 0.4) is 0 Å². The Labute approximate surface area is 80.0 Å². The molecule has 64 valence electrons. The largest absolute Gasteiger partial charge is 2.00 e. The van der Waals surface area contributed by atoms with Gasteiger partial charge in [-0.3, -0.25) is 6.08 Å². The van der Waals surface area contributed by atoms with Crippen LogP contribution in [0.1, 0.15) is 20.3 Å². The molecule has 1 aliphatic rings. The smallest absolute Gasteiger partial charge is 0.273 e. The van der Waals surface area contributed by atoms with Crippen LogP contribution in [-0.4, -0.2) is 0 Å². The van der Waals surface area contributed by atoms with E-state index in [4.69, 9.17) is 0 Å². The van der Waals surface area contributed by atoms with E-state index >= 15 is 0 Å². The van der Waals surface area contributed by atoms with Crippen LogP contribution < -0.4 is 0 Å². The van der Waals surface area contributed by atoms with Crippen LogP contribution in [0, 0.1) is 12.5 Å². The molecular weight excluding hydrogens is 179 g/mol. The molecule has 0 bridgehead atoms. The minimum Gasteiger partial charge on any atom is -0.273 e. The summed E-state index contributed by atoms with van der Waals surface area (Å²) in [6, 6.07) is 0. The first-order valence-electron chi connectivity index (χ1n) is 3.44. The molecule has 0 aromatic heterocycles. The van der Waals surface area contributed by atoms with Gasteiger partial charge >= 0.3 is 16.5 Å². The van der Waals surface area contributed by atoms with Crippen molar-refractivity contribution in [3.05, 3.63) is 42.9 Å². The van der Waals surface area contributed by atoms with Crippen molar-refractivity contribution in [2.45, 2.75) is 20.3 Å². The maximum absolute atomic E-state index is 3.62. The molecular formula is C10H14Ni. The van der Waals surface area contributed by atoms with Gasteiger partial charge < -0.3 is 0 Å². The van der Waals surface area contributed by atoms with Gasteiger partial charge in [0.05, 0.1) is 0 Å². The second-order valence-corrected chi connectivity index (χ2v) is 2.14. The standard InChI is InChI=1S/C5H5.C5H9.Ni/c1-2-4-5-3-1;1-4-5(2)3;/h1-3H,4H2;4H,2H2,1,3H3;/q2*-1;+2. The molecule has 1 rings (SSSR count). The molecule has 0 radical (unpaired) electrons. The third kappa shape index (κ3) is 12.7. The van der Waals surface area contributed by atoms with Crippen LogP contribution in [0.4, 0.5) is 0 Å². The monoisotopic (exact) mass is 192 g/mol. The molecule has 0 aliphatic heterocycles. The maximum atomic E-state index is 3.62. The summed E-state index contributed by atoms with van der Waals surface area (Å²) in [5.41, 5.74) is 1.13. The van der Waals surface area contributed by atoms with Crippen molar-refractivity contribution in [2.75, 3.05) is 0 Å². The molecule has 11 heavy (non-hydrogen) atoms. The Hall–Kier alpha value is -0.416. The molecule has 1 aliphatic carbocycles. The van der Waals surface area contributed by atoms with Gasteiger partial charge in [0.2, 0.25) is 0 Å². The van der Waals surface area contributed by atoms with E-state index in [1.54, 1.807) is 0 Å². The Morgan fingerprint density at radius 2 is 2.18 bits per heavy atom. The van der Waals surface area contributed by atoms with E-state index in [2.05, 4.69) is 18.7 Å². The van der Waals surface area contributed by atoms with E-state index in [9.17, 15) is 0 Å². The first-order chi connectivity index (χ1) is 4.77. The van der Waals surface area contributed by atoms with Gasteiger partial charge in [-0.1, -0.05) is 6.92 Å². The molecule has 0 saturated heterocycles. The molecule has 0 fully saturated rings. The van der Waals surface area contributed by atoms with E-state index in [1.165, 1.54) is 0 Å². The zero-order chi connectivity index (χ0) is 7.82. The molecule has 0 amide bonds. The van der Waals surface area contributed by atoms with Crippen LogP contribution in [-0.2, 0) is 16.5 Å². The predicted octanol–water partition coefficient (Wildman–Crippen LogP) is 3.09. The van der Waals surface area contributed by atoms with Crippen LogP contribution in [0.15, 0.2) is 30.4 Å². The number of hydrogen-bond donors (Lipinski definition) is 0. The third-order valence-corrected chi connectivity index (χ3v) is 1.08. The van der Waals surface area contributed by atoms with Crippen molar-refractivity contribution in [3.63, 3.8) is 0 Å². The van der Waals surface area contributed by atoms with Gasteiger partial charge in [-0.25, -0.2) is 30.7 Å². The predicted molar refractivity (Wildman–Crippen MR) is 46.4 cm³/mol. The van der Waals surface area contributed by atoms with Gasteiger partial charge in [0.15, 0.2) is 0 Å². The van der Waals surface area contributed by atoms with Crippen molar-refractivity contribution in [2.24, 2.45) is 0 Å². The molecule has 0 spiro atoms. The molecule has 0 nitrogen and oxygen atoms in total. The summed E-state index contributed by atoms with van der Waals surface area (Å²) in [6.07, 6.45) is 12.0. The quantitative estimate of drug-likeness (QED) is 0.443. The Balaban J connectivity index is 0. The Kier molecular flexibility index (Phi) is 11.5. The fourth-order valence-corrected chi connectivity index (χ4v) is 0.340. The average molecular weight is 193 g/mol. The first kappa shape index (κ1) is 13.2. The van der Waals surface area contributed by atoms with Crippen LogP contribution in [0.25, 0.3) is 0 Å². The van der Waals surface area contributed by atoms with Crippen molar-refractivity contribution >= 4 is 0 Å². The van der Waals surface area contributed by atoms with Gasteiger partial charge in [-0.2, -0.15) is 6.08 Å². The van der Waals surface area contributed by atoms with Crippen LogP contribution >= 0.6 is 0 Å². The van der Waals surface area contributed by atoms with Crippen molar-refractivity contribution in [1.82, 2.24) is 0 Å². The fourth-order valence-electron chi connectivity index (χ4n) is 0.340. The minimum absolute atomic E-state index is 0. The summed E-state index contributed by atoms with van der Waals surface area (Å²) < 4.78 is 0. The molecule has 0 unspecified atom stereocenters. The molecule has 0 aromatic carbocycles. The van der Waals surface area contributed by atoms with E-state index in [1.807, 2.05) is 32.4 Å². The van der Waals surface area contributed by atoms with Crippen LogP contribution in [0.2, 0.25) is 0 Å². The van der Waals surface area contributed by atoms with E-state index in [0.29, 0.717) is 0 Å². The van der Waals surface area contributed by atoms with E-state index < -0.39 is 0 Å². The Morgan fingerprint density at radius 1 is 1.64 bits per heavy atom. The SMILES string of the molecule is C=C(C)[CH-]C.[C-]1=CC=CC1.[Ni+2]. The van der Waals surface area contributed by atoms with E-state index in [0.717, 1.165) is 12.0 Å². The first-order valence-corrected chi connectivity index (χ1v) is 3.44. The van der Waals surface area contributed by atoms with Gasteiger partial charge in [-0.05, 0) is 0 Å². The summed E-state index contributed by atoms with van der Waals surface area (Å²) in [7, 11) is 0. The van der Waals surface area contributed by atoms with Gasteiger partial charge in [0.25, 0.3) is 0 Å². The topological polar surface area (TPSA) is 0 Å². The molecule has 0 N–H and O–H groups in total. The summed E-state index contributed by atoms with van der Waals surface area (Å²) in [4.78, 5) is 0. The van der Waals surface area contributed by atoms with Crippen molar-refractivity contribution in [3.8, 4) is 0 Å². The Bertz CT molecular complexity index is 133. The number of allylic oxidation sites excluding steroid dienone is 5. The summed E-state index contributed by atoms with van der Waals surface area (Å²) in [5.74, 6) is 0. The number of rotatable bonds is 1. The maximum Gasteiger partial charge on any atom is 2.00 e. The summed E-state index contributed by atoms with van der Waals surface area (Å²) in [6.45, 7) is 7.56.